The molecule has 0 saturated heterocycles. The van der Waals surface area contributed by atoms with Crippen LogP contribution in [0.2, 0.25) is 0 Å². The van der Waals surface area contributed by atoms with Crippen LogP contribution in [-0.4, -0.2) is 18.6 Å². The number of hydrogen-bond acceptors (Lipinski definition) is 2. The van der Waals surface area contributed by atoms with Crippen molar-refractivity contribution in [1.82, 2.24) is 5.32 Å². The van der Waals surface area contributed by atoms with Gasteiger partial charge >= 0.3 is 0 Å². The number of para-hydroxylation sites is 1. The summed E-state index contributed by atoms with van der Waals surface area (Å²) in [6.07, 6.45) is 4.88. The molecule has 0 radical (unpaired) electrons. The highest BCUT2D eigenvalue weighted by Gasteiger charge is 2.26. The molecule has 0 spiro atoms. The summed E-state index contributed by atoms with van der Waals surface area (Å²) >= 11 is 0. The zero-order valence-electron chi connectivity index (χ0n) is 12.6. The van der Waals surface area contributed by atoms with Gasteiger partial charge < -0.3 is 10.6 Å². The van der Waals surface area contributed by atoms with Gasteiger partial charge in [-0.3, -0.25) is 0 Å². The Morgan fingerprint density at radius 2 is 1.84 bits per heavy atom. The minimum Gasteiger partial charge on any atom is -0.385 e. The lowest BCUT2D eigenvalue weighted by atomic mass is 9.86. The summed E-state index contributed by atoms with van der Waals surface area (Å²) in [5, 5.41) is 7.37. The van der Waals surface area contributed by atoms with E-state index in [1.165, 1.54) is 36.9 Å². The maximum Gasteiger partial charge on any atom is 0.0376 e. The summed E-state index contributed by atoms with van der Waals surface area (Å²) < 4.78 is 0. The Morgan fingerprint density at radius 1 is 1.16 bits per heavy atom. The molecule has 1 atom stereocenters. The van der Waals surface area contributed by atoms with Gasteiger partial charge in [0.1, 0.15) is 0 Å². The molecule has 2 rings (SSSR count). The van der Waals surface area contributed by atoms with Crippen molar-refractivity contribution in [1.29, 1.82) is 0 Å². The van der Waals surface area contributed by atoms with E-state index in [1.54, 1.807) is 0 Å². The van der Waals surface area contributed by atoms with Gasteiger partial charge in [0.2, 0.25) is 0 Å². The molecule has 1 aliphatic rings. The molecular weight excluding hydrogens is 232 g/mol. The average molecular weight is 260 g/mol. The predicted molar refractivity (Wildman–Crippen MR) is 83.9 cm³/mol. The van der Waals surface area contributed by atoms with Gasteiger partial charge in [-0.15, -0.1) is 0 Å². The second-order valence-electron chi connectivity index (χ2n) is 5.72. The molecule has 2 nitrogen and oxygen atoms in total. The molecule has 2 heteroatoms. The van der Waals surface area contributed by atoms with Crippen molar-refractivity contribution in [3.05, 3.63) is 29.8 Å². The summed E-state index contributed by atoms with van der Waals surface area (Å²) in [5.74, 6) is 0.654. The van der Waals surface area contributed by atoms with Gasteiger partial charge in [0.15, 0.2) is 0 Å². The fourth-order valence-corrected chi connectivity index (χ4v) is 3.23. The van der Waals surface area contributed by atoms with Crippen molar-refractivity contribution in [3.63, 3.8) is 0 Å². The van der Waals surface area contributed by atoms with Crippen LogP contribution in [0.15, 0.2) is 24.3 Å². The summed E-state index contributed by atoms with van der Waals surface area (Å²) in [4.78, 5) is 0. The molecule has 19 heavy (non-hydrogen) atoms. The van der Waals surface area contributed by atoms with E-state index < -0.39 is 0 Å². The number of nitrogens with one attached hydrogen (secondary N) is 2. The summed E-state index contributed by atoms with van der Waals surface area (Å²) in [5.41, 5.74) is 3.15. The van der Waals surface area contributed by atoms with Gasteiger partial charge in [-0.25, -0.2) is 0 Å². The van der Waals surface area contributed by atoms with Crippen molar-refractivity contribution in [2.24, 2.45) is 0 Å². The van der Waals surface area contributed by atoms with Crippen LogP contribution in [-0.2, 0) is 0 Å². The van der Waals surface area contributed by atoms with Crippen LogP contribution >= 0.6 is 0 Å². The van der Waals surface area contributed by atoms with Crippen LogP contribution < -0.4 is 10.6 Å². The molecule has 2 N–H and O–H groups in total. The Hall–Kier alpha value is -1.02. The molecule has 1 aliphatic heterocycles. The number of benzene rings is 1. The van der Waals surface area contributed by atoms with E-state index in [1.807, 2.05) is 0 Å². The van der Waals surface area contributed by atoms with Gasteiger partial charge in [-0.2, -0.15) is 0 Å². The smallest absolute Gasteiger partial charge is 0.0376 e. The first-order chi connectivity index (χ1) is 9.24. The minimum atomic E-state index is 0.333. The molecule has 1 aromatic rings. The molecule has 0 fully saturated rings. The van der Waals surface area contributed by atoms with E-state index in [-0.39, 0.29) is 0 Å². The fraction of sp³-hybridized carbons (Fsp3) is 0.647. The predicted octanol–water partition coefficient (Wildman–Crippen LogP) is 4.14. The van der Waals surface area contributed by atoms with Crippen LogP contribution in [0.25, 0.3) is 0 Å². The van der Waals surface area contributed by atoms with Crippen LogP contribution in [0.5, 0.6) is 0 Å². The van der Waals surface area contributed by atoms with Crippen molar-refractivity contribution in [2.45, 2.75) is 57.9 Å². The molecular formula is C17H28N2. The first-order valence-corrected chi connectivity index (χ1v) is 7.82. The van der Waals surface area contributed by atoms with Crippen LogP contribution in [0.4, 0.5) is 5.69 Å². The maximum absolute atomic E-state index is 3.87. The Morgan fingerprint density at radius 3 is 2.53 bits per heavy atom. The fourth-order valence-electron chi connectivity index (χ4n) is 3.23. The Kier molecular flexibility index (Phi) is 4.87. The summed E-state index contributed by atoms with van der Waals surface area (Å²) in [6.45, 7) is 9.11. The molecule has 1 unspecified atom stereocenters. The lowest BCUT2D eigenvalue weighted by Crippen LogP contribution is -2.46. The van der Waals surface area contributed by atoms with Gasteiger partial charge in [-0.1, -0.05) is 39.0 Å². The monoisotopic (exact) mass is 260 g/mol. The molecule has 0 saturated carbocycles. The first kappa shape index (κ1) is 14.4. The highest BCUT2D eigenvalue weighted by Crippen LogP contribution is 2.31. The van der Waals surface area contributed by atoms with Gasteiger partial charge in [0.05, 0.1) is 0 Å². The van der Waals surface area contributed by atoms with Gasteiger partial charge in [0.25, 0.3) is 0 Å². The van der Waals surface area contributed by atoms with Crippen LogP contribution in [0, 0.1) is 0 Å². The average Bonchev–Trinajstić information content (AvgIpc) is 2.49. The van der Waals surface area contributed by atoms with Crippen molar-refractivity contribution < 1.29 is 0 Å². The summed E-state index contributed by atoms with van der Waals surface area (Å²) in [7, 11) is 0. The van der Waals surface area contributed by atoms with Gasteiger partial charge in [-0.05, 0) is 37.3 Å². The van der Waals surface area contributed by atoms with Crippen LogP contribution in [0.3, 0.4) is 0 Å². The van der Waals surface area contributed by atoms with Gasteiger partial charge in [0, 0.05) is 30.2 Å². The van der Waals surface area contributed by atoms with Crippen molar-refractivity contribution in [3.8, 4) is 0 Å². The lowest BCUT2D eigenvalue weighted by molar-refractivity contribution is 0.281. The largest absolute Gasteiger partial charge is 0.385 e. The zero-order chi connectivity index (χ0) is 13.7. The third-order valence-corrected chi connectivity index (χ3v) is 4.96. The second-order valence-corrected chi connectivity index (χ2v) is 5.72. The number of anilines is 1. The molecule has 0 aromatic heterocycles. The molecule has 0 aliphatic carbocycles. The van der Waals surface area contributed by atoms with E-state index in [9.17, 15) is 0 Å². The minimum absolute atomic E-state index is 0.333. The third-order valence-electron chi connectivity index (χ3n) is 4.96. The lowest BCUT2D eigenvalue weighted by Gasteiger charge is -2.35. The van der Waals surface area contributed by atoms with Crippen molar-refractivity contribution >= 4 is 5.69 Å². The van der Waals surface area contributed by atoms with Crippen LogP contribution in [0.1, 0.15) is 57.9 Å². The summed E-state index contributed by atoms with van der Waals surface area (Å²) in [6, 6.07) is 8.76. The van der Waals surface area contributed by atoms with Crippen molar-refractivity contribution in [2.75, 3.05) is 18.4 Å². The SMILES string of the molecule is CCC(CC)(CC)NCC1CCNc2ccccc21. The molecule has 1 heterocycles. The Bertz CT molecular complexity index is 388. The number of hydrogen-bond donors (Lipinski definition) is 2. The number of fused-ring (bicyclic) bond motifs is 1. The quantitative estimate of drug-likeness (QED) is 0.803. The molecule has 0 amide bonds. The van der Waals surface area contributed by atoms with E-state index >= 15 is 0 Å². The molecule has 1 aromatic carbocycles. The Balaban J connectivity index is 2.05. The molecule has 0 bridgehead atoms. The maximum atomic E-state index is 3.87. The highest BCUT2D eigenvalue weighted by atomic mass is 15.0. The normalized spacial score (nSPS) is 18.8. The second kappa shape index (κ2) is 6.42. The molecule has 106 valence electrons. The van der Waals surface area contributed by atoms with E-state index in [0.29, 0.717) is 11.5 Å². The highest BCUT2D eigenvalue weighted by molar-refractivity contribution is 5.54. The van der Waals surface area contributed by atoms with E-state index in [2.05, 4.69) is 55.7 Å². The third kappa shape index (κ3) is 3.11. The zero-order valence-corrected chi connectivity index (χ0v) is 12.6. The first-order valence-electron chi connectivity index (χ1n) is 7.82. The van der Waals surface area contributed by atoms with E-state index in [4.69, 9.17) is 0 Å². The topological polar surface area (TPSA) is 24.1 Å². The standard InChI is InChI=1S/C17H28N2/c1-4-17(5-2,6-3)19-13-14-11-12-18-16-10-8-7-9-15(14)16/h7-10,14,18-19H,4-6,11-13H2,1-3H3. The van der Waals surface area contributed by atoms with E-state index in [0.717, 1.165) is 13.1 Å². The number of rotatable bonds is 6. The Labute approximate surface area is 118 Å².